The Labute approximate surface area is 113 Å². The van der Waals surface area contributed by atoms with Crippen LogP contribution >= 0.6 is 11.5 Å². The van der Waals surface area contributed by atoms with Crippen LogP contribution in [-0.4, -0.2) is 15.6 Å². The maximum absolute atomic E-state index is 11.9. The van der Waals surface area contributed by atoms with Gasteiger partial charge in [0.1, 0.15) is 5.75 Å². The second-order valence-electron chi connectivity index (χ2n) is 4.09. The molecule has 0 atom stereocenters. The lowest BCUT2D eigenvalue weighted by molar-refractivity contribution is 0.0739. The molecule has 0 saturated heterocycles. The van der Waals surface area contributed by atoms with Crippen LogP contribution in [0.5, 0.6) is 5.75 Å². The van der Waals surface area contributed by atoms with Crippen LogP contribution in [0.25, 0.3) is 10.8 Å². The Morgan fingerprint density at radius 1 is 1.16 bits per heavy atom. The molecule has 0 aliphatic carbocycles. The van der Waals surface area contributed by atoms with Crippen molar-refractivity contribution in [1.82, 2.24) is 9.59 Å². The molecular weight excluding hydrogens is 260 g/mol. The average molecular weight is 270 g/mol. The maximum atomic E-state index is 11.9. The molecule has 0 fully saturated rings. The number of ether oxygens (including phenoxy) is 1. The van der Waals surface area contributed by atoms with Crippen molar-refractivity contribution >= 4 is 28.3 Å². The number of fused-ring (bicyclic) bond motifs is 1. The molecule has 1 aromatic heterocycles. The van der Waals surface area contributed by atoms with Gasteiger partial charge in [-0.25, -0.2) is 4.79 Å². The van der Waals surface area contributed by atoms with Crippen LogP contribution in [0, 0.1) is 6.92 Å². The molecule has 0 aliphatic heterocycles. The fourth-order valence-electron chi connectivity index (χ4n) is 1.80. The zero-order valence-corrected chi connectivity index (χ0v) is 11.0. The number of rotatable bonds is 2. The third-order valence-electron chi connectivity index (χ3n) is 2.77. The topological polar surface area (TPSA) is 52.1 Å². The van der Waals surface area contributed by atoms with E-state index in [9.17, 15) is 4.79 Å². The molecule has 0 amide bonds. The first-order valence-corrected chi connectivity index (χ1v) is 6.51. The predicted octanol–water partition coefficient (Wildman–Crippen LogP) is 3.22. The van der Waals surface area contributed by atoms with E-state index in [-0.39, 0.29) is 0 Å². The van der Waals surface area contributed by atoms with E-state index in [2.05, 4.69) is 9.59 Å². The summed E-state index contributed by atoms with van der Waals surface area (Å²) >= 11 is 1.04. The SMILES string of the molecule is Cc1nnsc1C(=O)Oc1ccc2ccccc2c1. The minimum atomic E-state index is -0.414. The van der Waals surface area contributed by atoms with E-state index in [1.54, 1.807) is 13.0 Å². The van der Waals surface area contributed by atoms with Gasteiger partial charge in [-0.3, -0.25) is 0 Å². The molecule has 5 heteroatoms. The fourth-order valence-corrected chi connectivity index (χ4v) is 2.34. The highest BCUT2D eigenvalue weighted by Gasteiger charge is 2.15. The van der Waals surface area contributed by atoms with Crippen molar-refractivity contribution in [2.45, 2.75) is 6.92 Å². The normalized spacial score (nSPS) is 10.6. The van der Waals surface area contributed by atoms with Gasteiger partial charge in [0.05, 0.1) is 5.69 Å². The molecule has 0 unspecified atom stereocenters. The van der Waals surface area contributed by atoms with Crippen LogP contribution in [0.2, 0.25) is 0 Å². The summed E-state index contributed by atoms with van der Waals surface area (Å²) in [5, 5.41) is 5.94. The number of hydrogen-bond acceptors (Lipinski definition) is 5. The van der Waals surface area contributed by atoms with Gasteiger partial charge in [-0.05, 0) is 41.4 Å². The number of aryl methyl sites for hydroxylation is 1. The van der Waals surface area contributed by atoms with Crippen molar-refractivity contribution in [3.05, 3.63) is 53.0 Å². The molecule has 0 radical (unpaired) electrons. The Morgan fingerprint density at radius 3 is 2.68 bits per heavy atom. The molecule has 1 heterocycles. The van der Waals surface area contributed by atoms with E-state index in [4.69, 9.17) is 4.74 Å². The summed E-state index contributed by atoms with van der Waals surface area (Å²) in [7, 11) is 0. The maximum Gasteiger partial charge on any atom is 0.357 e. The van der Waals surface area contributed by atoms with Crippen molar-refractivity contribution in [2.75, 3.05) is 0 Å². The summed E-state index contributed by atoms with van der Waals surface area (Å²) in [6.45, 7) is 1.74. The van der Waals surface area contributed by atoms with Gasteiger partial charge in [0, 0.05) is 0 Å². The van der Waals surface area contributed by atoms with Gasteiger partial charge < -0.3 is 4.74 Å². The van der Waals surface area contributed by atoms with Gasteiger partial charge in [0.25, 0.3) is 0 Å². The minimum Gasteiger partial charge on any atom is -0.422 e. The molecule has 3 aromatic rings. The van der Waals surface area contributed by atoms with Gasteiger partial charge in [-0.2, -0.15) is 0 Å². The van der Waals surface area contributed by atoms with E-state index in [1.807, 2.05) is 36.4 Å². The van der Waals surface area contributed by atoms with Crippen LogP contribution in [0.3, 0.4) is 0 Å². The van der Waals surface area contributed by atoms with Crippen molar-refractivity contribution in [3.8, 4) is 5.75 Å². The van der Waals surface area contributed by atoms with Gasteiger partial charge in [0.2, 0.25) is 0 Å². The van der Waals surface area contributed by atoms with E-state index in [0.717, 1.165) is 22.3 Å². The number of nitrogens with zero attached hydrogens (tertiary/aromatic N) is 2. The number of aromatic nitrogens is 2. The molecular formula is C14H10N2O2S. The Hall–Kier alpha value is -2.27. The fraction of sp³-hybridized carbons (Fsp3) is 0.0714. The highest BCUT2D eigenvalue weighted by Crippen LogP contribution is 2.22. The summed E-state index contributed by atoms with van der Waals surface area (Å²) in [6.07, 6.45) is 0. The van der Waals surface area contributed by atoms with Crippen LogP contribution in [-0.2, 0) is 0 Å². The van der Waals surface area contributed by atoms with Crippen molar-refractivity contribution in [3.63, 3.8) is 0 Å². The molecule has 4 nitrogen and oxygen atoms in total. The lowest BCUT2D eigenvalue weighted by Gasteiger charge is -2.04. The molecule has 0 spiro atoms. The summed E-state index contributed by atoms with van der Waals surface area (Å²) < 4.78 is 9.06. The van der Waals surface area contributed by atoms with Gasteiger partial charge >= 0.3 is 5.97 Å². The van der Waals surface area contributed by atoms with Crippen molar-refractivity contribution in [2.24, 2.45) is 0 Å². The van der Waals surface area contributed by atoms with Crippen LogP contribution < -0.4 is 4.74 Å². The van der Waals surface area contributed by atoms with Gasteiger partial charge in [-0.15, -0.1) is 5.10 Å². The highest BCUT2D eigenvalue weighted by molar-refractivity contribution is 7.07. The van der Waals surface area contributed by atoms with E-state index < -0.39 is 5.97 Å². The van der Waals surface area contributed by atoms with Crippen LogP contribution in [0.4, 0.5) is 0 Å². The van der Waals surface area contributed by atoms with Crippen LogP contribution in [0.1, 0.15) is 15.4 Å². The lowest BCUT2D eigenvalue weighted by Crippen LogP contribution is -2.07. The van der Waals surface area contributed by atoms with E-state index in [1.165, 1.54) is 0 Å². The minimum absolute atomic E-state index is 0.414. The Balaban J connectivity index is 1.89. The quantitative estimate of drug-likeness (QED) is 0.530. The summed E-state index contributed by atoms with van der Waals surface area (Å²) in [6, 6.07) is 13.5. The van der Waals surface area contributed by atoms with E-state index in [0.29, 0.717) is 16.3 Å². The third-order valence-corrected chi connectivity index (χ3v) is 3.58. The first-order chi connectivity index (χ1) is 9.24. The van der Waals surface area contributed by atoms with Crippen molar-refractivity contribution in [1.29, 1.82) is 0 Å². The third kappa shape index (κ3) is 2.32. The second kappa shape index (κ2) is 4.78. The van der Waals surface area contributed by atoms with Crippen LogP contribution in [0.15, 0.2) is 42.5 Å². The highest BCUT2D eigenvalue weighted by atomic mass is 32.1. The summed E-state index contributed by atoms with van der Waals surface area (Å²) in [5.74, 6) is 0.110. The zero-order valence-electron chi connectivity index (χ0n) is 10.2. The Morgan fingerprint density at radius 2 is 1.95 bits per heavy atom. The summed E-state index contributed by atoms with van der Waals surface area (Å²) in [5.41, 5.74) is 0.593. The molecule has 0 bridgehead atoms. The van der Waals surface area contributed by atoms with Gasteiger partial charge in [0.15, 0.2) is 4.88 Å². The second-order valence-corrected chi connectivity index (χ2v) is 4.84. The Kier molecular flexibility index (Phi) is 2.97. The monoisotopic (exact) mass is 270 g/mol. The first-order valence-electron chi connectivity index (χ1n) is 5.74. The smallest absolute Gasteiger partial charge is 0.357 e. The molecule has 2 aromatic carbocycles. The zero-order chi connectivity index (χ0) is 13.2. The number of benzene rings is 2. The molecule has 19 heavy (non-hydrogen) atoms. The molecule has 3 rings (SSSR count). The number of hydrogen-bond donors (Lipinski definition) is 0. The predicted molar refractivity (Wildman–Crippen MR) is 73.6 cm³/mol. The standard InChI is InChI=1S/C14H10N2O2S/c1-9-13(19-16-15-9)14(17)18-12-7-6-10-4-2-3-5-11(10)8-12/h2-8H,1H3. The largest absolute Gasteiger partial charge is 0.422 e. The lowest BCUT2D eigenvalue weighted by atomic mass is 10.1. The number of carbonyl (C=O) groups is 1. The number of esters is 1. The first kappa shape index (κ1) is 11.8. The molecule has 0 saturated carbocycles. The Bertz CT molecular complexity index is 752. The molecule has 94 valence electrons. The average Bonchev–Trinajstić information content (AvgIpc) is 2.85. The molecule has 0 aliphatic rings. The summed E-state index contributed by atoms with van der Waals surface area (Å²) in [4.78, 5) is 12.4. The molecule has 0 N–H and O–H groups in total. The van der Waals surface area contributed by atoms with E-state index >= 15 is 0 Å². The van der Waals surface area contributed by atoms with Crippen molar-refractivity contribution < 1.29 is 9.53 Å². The van der Waals surface area contributed by atoms with Gasteiger partial charge in [-0.1, -0.05) is 34.8 Å². The number of carbonyl (C=O) groups excluding carboxylic acids is 1.